The van der Waals surface area contributed by atoms with Crippen molar-refractivity contribution in [2.45, 2.75) is 0 Å². The Kier molecular flexibility index (Phi) is 6.53. The minimum atomic E-state index is 1.15. The van der Waals surface area contributed by atoms with Gasteiger partial charge in [0.15, 0.2) is 0 Å². The first-order valence-corrected chi connectivity index (χ1v) is 17.2. The van der Waals surface area contributed by atoms with Gasteiger partial charge in [-0.25, -0.2) is 0 Å². The minimum Gasteiger partial charge on any atom is -0.309 e. The summed E-state index contributed by atoms with van der Waals surface area (Å²) in [6.07, 6.45) is 0. The standard InChI is InChI=1S/C48H32N2/c1-3-13-33(14-4-1)39-17-7-8-18-40(39)34-23-27-38(28-24-34)50-46-22-12-10-20-42(46)44-32-36(26-30-48(44)50)35-25-29-47-43(31-35)41-19-9-11-21-45(41)49(47)37-15-5-2-6-16-37/h1-32H. The molecule has 50 heavy (non-hydrogen) atoms. The topological polar surface area (TPSA) is 9.86 Å². The third-order valence-electron chi connectivity index (χ3n) is 10.1. The number of aromatic nitrogens is 2. The van der Waals surface area contributed by atoms with E-state index in [1.807, 2.05) is 0 Å². The van der Waals surface area contributed by atoms with Crippen LogP contribution in [-0.2, 0) is 0 Å². The van der Waals surface area contributed by atoms with E-state index < -0.39 is 0 Å². The molecule has 0 aliphatic heterocycles. The Morgan fingerprint density at radius 3 is 1.16 bits per heavy atom. The summed E-state index contributed by atoms with van der Waals surface area (Å²) >= 11 is 0. The summed E-state index contributed by atoms with van der Waals surface area (Å²) in [6.45, 7) is 0. The summed E-state index contributed by atoms with van der Waals surface area (Å²) in [5, 5.41) is 5.03. The predicted octanol–water partition coefficient (Wildman–Crippen LogP) is 12.9. The van der Waals surface area contributed by atoms with E-state index in [2.05, 4.69) is 203 Å². The molecular weight excluding hydrogens is 605 g/mol. The van der Waals surface area contributed by atoms with Crippen molar-refractivity contribution in [3.63, 3.8) is 0 Å². The van der Waals surface area contributed by atoms with E-state index in [4.69, 9.17) is 0 Å². The molecule has 0 fully saturated rings. The van der Waals surface area contributed by atoms with Gasteiger partial charge in [0.25, 0.3) is 0 Å². The van der Waals surface area contributed by atoms with Crippen molar-refractivity contribution in [1.82, 2.24) is 9.13 Å². The molecule has 0 radical (unpaired) electrons. The van der Waals surface area contributed by atoms with Crippen LogP contribution in [0.2, 0.25) is 0 Å². The Morgan fingerprint density at radius 1 is 0.240 bits per heavy atom. The lowest BCUT2D eigenvalue weighted by Crippen LogP contribution is -1.94. The highest BCUT2D eigenvalue weighted by atomic mass is 15.0. The van der Waals surface area contributed by atoms with Crippen LogP contribution in [0.25, 0.3) is 88.4 Å². The van der Waals surface area contributed by atoms with E-state index >= 15 is 0 Å². The first-order chi connectivity index (χ1) is 24.8. The summed E-state index contributed by atoms with van der Waals surface area (Å²) in [5.41, 5.74) is 14.5. The first kappa shape index (κ1) is 28.4. The molecule has 0 saturated carbocycles. The van der Waals surface area contributed by atoms with Crippen LogP contribution < -0.4 is 0 Å². The summed E-state index contributed by atoms with van der Waals surface area (Å²) < 4.78 is 4.77. The zero-order valence-corrected chi connectivity index (χ0v) is 27.4. The van der Waals surface area contributed by atoms with Gasteiger partial charge in [-0.2, -0.15) is 0 Å². The summed E-state index contributed by atoms with van der Waals surface area (Å²) in [5.74, 6) is 0. The molecule has 10 aromatic rings. The normalized spacial score (nSPS) is 11.6. The van der Waals surface area contributed by atoms with Crippen LogP contribution in [0, 0.1) is 0 Å². The number of fused-ring (bicyclic) bond motifs is 6. The van der Waals surface area contributed by atoms with Crippen molar-refractivity contribution in [3.05, 3.63) is 194 Å². The molecule has 2 heterocycles. The minimum absolute atomic E-state index is 1.15. The fourth-order valence-corrected chi connectivity index (χ4v) is 7.83. The molecule has 0 spiro atoms. The number of rotatable bonds is 5. The van der Waals surface area contributed by atoms with Crippen LogP contribution in [0.5, 0.6) is 0 Å². The van der Waals surface area contributed by atoms with Crippen molar-refractivity contribution in [2.75, 3.05) is 0 Å². The van der Waals surface area contributed by atoms with Crippen LogP contribution in [0.15, 0.2) is 194 Å². The highest BCUT2D eigenvalue weighted by molar-refractivity contribution is 6.12. The average molecular weight is 637 g/mol. The van der Waals surface area contributed by atoms with E-state index in [0.717, 1.165) is 5.69 Å². The van der Waals surface area contributed by atoms with Gasteiger partial charge in [-0.05, 0) is 94.0 Å². The lowest BCUT2D eigenvalue weighted by atomic mass is 9.94. The Hall–Kier alpha value is -6.64. The Labute approximate surface area is 290 Å². The number of benzene rings is 8. The van der Waals surface area contributed by atoms with Gasteiger partial charge < -0.3 is 9.13 Å². The van der Waals surface area contributed by atoms with Gasteiger partial charge in [0, 0.05) is 32.9 Å². The lowest BCUT2D eigenvalue weighted by Gasteiger charge is -2.12. The third-order valence-corrected chi connectivity index (χ3v) is 10.1. The molecule has 8 aromatic carbocycles. The Bertz CT molecular complexity index is 2840. The molecule has 2 heteroatoms. The number of hydrogen-bond donors (Lipinski definition) is 0. The zero-order valence-electron chi connectivity index (χ0n) is 27.4. The van der Waals surface area contributed by atoms with Crippen molar-refractivity contribution >= 4 is 43.6 Å². The molecule has 2 aromatic heterocycles. The molecule has 0 aliphatic carbocycles. The molecule has 234 valence electrons. The van der Waals surface area contributed by atoms with Crippen molar-refractivity contribution < 1.29 is 0 Å². The van der Waals surface area contributed by atoms with Gasteiger partial charge in [0.2, 0.25) is 0 Å². The van der Waals surface area contributed by atoms with Gasteiger partial charge in [-0.3, -0.25) is 0 Å². The van der Waals surface area contributed by atoms with E-state index in [0.29, 0.717) is 0 Å². The second-order valence-corrected chi connectivity index (χ2v) is 13.0. The van der Waals surface area contributed by atoms with Gasteiger partial charge >= 0.3 is 0 Å². The smallest absolute Gasteiger partial charge is 0.0541 e. The maximum Gasteiger partial charge on any atom is 0.0541 e. The SMILES string of the molecule is c1ccc(-c2ccccc2-c2ccc(-n3c4ccccc4c4cc(-c5ccc6c(c5)c5ccccc5n6-c5ccccc5)ccc43)cc2)cc1. The highest BCUT2D eigenvalue weighted by Crippen LogP contribution is 2.39. The van der Waals surface area contributed by atoms with Crippen molar-refractivity contribution in [2.24, 2.45) is 0 Å². The predicted molar refractivity (Wildman–Crippen MR) is 211 cm³/mol. The summed E-state index contributed by atoms with van der Waals surface area (Å²) in [7, 11) is 0. The summed E-state index contributed by atoms with van der Waals surface area (Å²) in [4.78, 5) is 0. The molecule has 0 bridgehead atoms. The monoisotopic (exact) mass is 636 g/mol. The van der Waals surface area contributed by atoms with Gasteiger partial charge in [0.05, 0.1) is 22.1 Å². The second-order valence-electron chi connectivity index (χ2n) is 13.0. The summed E-state index contributed by atoms with van der Waals surface area (Å²) in [6, 6.07) is 70.3. The van der Waals surface area contributed by atoms with Crippen molar-refractivity contribution in [1.29, 1.82) is 0 Å². The highest BCUT2D eigenvalue weighted by Gasteiger charge is 2.16. The second kappa shape index (κ2) is 11.5. The van der Waals surface area contributed by atoms with Gasteiger partial charge in [-0.15, -0.1) is 0 Å². The molecular formula is C48H32N2. The molecule has 10 rings (SSSR count). The van der Waals surface area contributed by atoms with Crippen LogP contribution in [0.4, 0.5) is 0 Å². The largest absolute Gasteiger partial charge is 0.309 e. The quantitative estimate of drug-likeness (QED) is 0.178. The number of hydrogen-bond acceptors (Lipinski definition) is 0. The van der Waals surface area contributed by atoms with E-state index in [9.17, 15) is 0 Å². The molecule has 0 aliphatic rings. The Morgan fingerprint density at radius 2 is 0.620 bits per heavy atom. The van der Waals surface area contributed by atoms with Crippen molar-refractivity contribution in [3.8, 4) is 44.8 Å². The molecule has 0 atom stereocenters. The number of para-hydroxylation sites is 3. The third kappa shape index (κ3) is 4.50. The maximum absolute atomic E-state index is 2.40. The average Bonchev–Trinajstić information content (AvgIpc) is 3.71. The van der Waals surface area contributed by atoms with E-state index in [1.54, 1.807) is 0 Å². The van der Waals surface area contributed by atoms with E-state index in [1.165, 1.54) is 82.7 Å². The van der Waals surface area contributed by atoms with Gasteiger partial charge in [0.1, 0.15) is 0 Å². The molecule has 0 saturated heterocycles. The fraction of sp³-hybridized carbons (Fsp3) is 0. The van der Waals surface area contributed by atoms with E-state index in [-0.39, 0.29) is 0 Å². The molecule has 2 nitrogen and oxygen atoms in total. The van der Waals surface area contributed by atoms with Gasteiger partial charge in [-0.1, -0.05) is 133 Å². The van der Waals surface area contributed by atoms with Crippen LogP contribution in [-0.4, -0.2) is 9.13 Å². The number of nitrogens with zero attached hydrogens (tertiary/aromatic N) is 2. The molecule has 0 unspecified atom stereocenters. The maximum atomic E-state index is 2.40. The molecule has 0 N–H and O–H groups in total. The molecule has 0 amide bonds. The van der Waals surface area contributed by atoms with Crippen LogP contribution in [0.3, 0.4) is 0 Å². The Balaban J connectivity index is 1.09. The first-order valence-electron chi connectivity index (χ1n) is 17.2. The van der Waals surface area contributed by atoms with Crippen LogP contribution >= 0.6 is 0 Å². The fourth-order valence-electron chi connectivity index (χ4n) is 7.83. The van der Waals surface area contributed by atoms with Crippen LogP contribution in [0.1, 0.15) is 0 Å². The lowest BCUT2D eigenvalue weighted by molar-refractivity contribution is 1.18. The zero-order chi connectivity index (χ0) is 33.0.